The van der Waals surface area contributed by atoms with Gasteiger partial charge in [-0.3, -0.25) is 0 Å². The van der Waals surface area contributed by atoms with Crippen molar-refractivity contribution in [1.82, 2.24) is 4.98 Å². The normalized spacial score (nSPS) is 20.2. The number of halogens is 1. The van der Waals surface area contributed by atoms with E-state index in [1.807, 2.05) is 0 Å². The van der Waals surface area contributed by atoms with Gasteiger partial charge in [0.2, 0.25) is 0 Å². The van der Waals surface area contributed by atoms with Crippen LogP contribution in [0.25, 0.3) is 0 Å². The predicted molar refractivity (Wildman–Crippen MR) is 85.2 cm³/mol. The third-order valence-electron chi connectivity index (χ3n) is 4.35. The zero-order valence-corrected chi connectivity index (χ0v) is 13.7. The Balaban J connectivity index is 2.20. The van der Waals surface area contributed by atoms with Gasteiger partial charge in [-0.15, -0.1) is 0 Å². The average molecular weight is 311 g/mol. The number of carboxylic acid groups (broad SMARTS) is 1. The second-order valence-electron chi connectivity index (χ2n) is 6.78. The average Bonchev–Trinajstić information content (AvgIpc) is 2.64. The highest BCUT2D eigenvalue weighted by molar-refractivity contribution is 6.35. The van der Waals surface area contributed by atoms with Gasteiger partial charge in [0.1, 0.15) is 5.82 Å². The summed E-state index contributed by atoms with van der Waals surface area (Å²) in [6.45, 7) is 8.59. The van der Waals surface area contributed by atoms with Crippen molar-refractivity contribution in [2.24, 2.45) is 11.3 Å². The zero-order chi connectivity index (χ0) is 15.6. The summed E-state index contributed by atoms with van der Waals surface area (Å²) >= 11 is 6.23. The number of pyridine rings is 1. The number of aromatic nitrogens is 1. The van der Waals surface area contributed by atoms with E-state index in [-0.39, 0.29) is 10.6 Å². The summed E-state index contributed by atoms with van der Waals surface area (Å²) in [6.07, 6.45) is 4.88. The molecule has 1 aromatic heterocycles. The molecule has 1 N–H and O–H groups in total. The van der Waals surface area contributed by atoms with E-state index in [9.17, 15) is 4.79 Å². The van der Waals surface area contributed by atoms with Crippen LogP contribution in [0.2, 0.25) is 5.02 Å². The molecule has 1 fully saturated rings. The summed E-state index contributed by atoms with van der Waals surface area (Å²) < 4.78 is 0. The summed E-state index contributed by atoms with van der Waals surface area (Å²) in [6, 6.07) is 1.45. The molecule has 0 aromatic carbocycles. The Morgan fingerprint density at radius 2 is 2.10 bits per heavy atom. The lowest BCUT2D eigenvalue weighted by Gasteiger charge is -2.30. The Morgan fingerprint density at radius 1 is 1.38 bits per heavy atom. The molecule has 1 saturated heterocycles. The fourth-order valence-electron chi connectivity index (χ4n) is 2.99. The van der Waals surface area contributed by atoms with Crippen molar-refractivity contribution >= 4 is 23.4 Å². The standard InChI is InChI=1S/C16H23ClN2O2/c1-16(2,3)11-5-4-9-19(10-7-11)14-13(17)12(15(20)21)6-8-18-14/h6,8,11H,4-5,7,9-10H2,1-3H3,(H,20,21). The van der Waals surface area contributed by atoms with Crippen LogP contribution in [0.15, 0.2) is 12.3 Å². The fourth-order valence-corrected chi connectivity index (χ4v) is 3.30. The molecule has 2 heterocycles. The number of carbonyl (C=O) groups is 1. The molecule has 116 valence electrons. The summed E-state index contributed by atoms with van der Waals surface area (Å²) in [5.41, 5.74) is 0.425. The molecule has 0 radical (unpaired) electrons. The second-order valence-corrected chi connectivity index (χ2v) is 7.16. The van der Waals surface area contributed by atoms with Crippen LogP contribution >= 0.6 is 11.6 Å². The number of aromatic carboxylic acids is 1. The van der Waals surface area contributed by atoms with Crippen molar-refractivity contribution in [3.63, 3.8) is 0 Å². The number of hydrogen-bond acceptors (Lipinski definition) is 3. The molecule has 1 unspecified atom stereocenters. The van der Waals surface area contributed by atoms with Crippen molar-refractivity contribution in [1.29, 1.82) is 0 Å². The number of rotatable bonds is 2. The fraction of sp³-hybridized carbons (Fsp3) is 0.625. The van der Waals surface area contributed by atoms with E-state index in [1.165, 1.54) is 18.7 Å². The third-order valence-corrected chi connectivity index (χ3v) is 4.73. The molecule has 0 bridgehead atoms. The Labute approximate surface area is 131 Å². The molecule has 5 heteroatoms. The van der Waals surface area contributed by atoms with Crippen molar-refractivity contribution in [2.75, 3.05) is 18.0 Å². The zero-order valence-electron chi connectivity index (χ0n) is 12.9. The van der Waals surface area contributed by atoms with Gasteiger partial charge in [-0.2, -0.15) is 0 Å². The third kappa shape index (κ3) is 3.67. The molecule has 1 aliphatic heterocycles. The Bertz CT molecular complexity index is 525. The molecule has 4 nitrogen and oxygen atoms in total. The van der Waals surface area contributed by atoms with Gasteiger partial charge in [0.15, 0.2) is 0 Å². The van der Waals surface area contributed by atoms with E-state index in [4.69, 9.17) is 16.7 Å². The van der Waals surface area contributed by atoms with Crippen molar-refractivity contribution in [3.8, 4) is 0 Å². The molecular weight excluding hydrogens is 288 g/mol. The summed E-state index contributed by atoms with van der Waals surface area (Å²) in [5, 5.41) is 9.41. The molecule has 1 atom stereocenters. The van der Waals surface area contributed by atoms with Crippen LogP contribution in [0.3, 0.4) is 0 Å². The summed E-state index contributed by atoms with van der Waals surface area (Å²) in [5.74, 6) is 0.265. The van der Waals surface area contributed by atoms with Crippen molar-refractivity contribution < 1.29 is 9.90 Å². The minimum atomic E-state index is -1.01. The number of hydrogen-bond donors (Lipinski definition) is 1. The van der Waals surface area contributed by atoms with Gasteiger partial charge in [0.05, 0.1) is 10.6 Å². The second kappa shape index (κ2) is 6.22. The van der Waals surface area contributed by atoms with E-state index >= 15 is 0 Å². The first-order valence-corrected chi connectivity index (χ1v) is 7.81. The maximum absolute atomic E-state index is 11.2. The van der Waals surface area contributed by atoms with Crippen LogP contribution in [0.4, 0.5) is 5.82 Å². The largest absolute Gasteiger partial charge is 0.478 e. The highest BCUT2D eigenvalue weighted by Gasteiger charge is 2.28. The predicted octanol–water partition coefficient (Wildman–Crippen LogP) is 4.09. The quantitative estimate of drug-likeness (QED) is 0.894. The molecule has 0 aliphatic carbocycles. The van der Waals surface area contributed by atoms with E-state index in [2.05, 4.69) is 30.7 Å². The van der Waals surface area contributed by atoms with Crippen molar-refractivity contribution in [2.45, 2.75) is 40.0 Å². The molecule has 0 amide bonds. The first-order valence-electron chi connectivity index (χ1n) is 7.43. The lowest BCUT2D eigenvalue weighted by molar-refractivity contribution is 0.0697. The maximum Gasteiger partial charge on any atom is 0.337 e. The molecule has 1 aromatic rings. The monoisotopic (exact) mass is 310 g/mol. The molecule has 0 saturated carbocycles. The topological polar surface area (TPSA) is 53.4 Å². The smallest absolute Gasteiger partial charge is 0.337 e. The highest BCUT2D eigenvalue weighted by atomic mass is 35.5. The van der Waals surface area contributed by atoms with Gasteiger partial charge in [0, 0.05) is 19.3 Å². The van der Waals surface area contributed by atoms with Crippen LogP contribution < -0.4 is 4.90 Å². The lowest BCUT2D eigenvalue weighted by Crippen LogP contribution is -2.27. The van der Waals surface area contributed by atoms with E-state index in [1.54, 1.807) is 0 Å². The van der Waals surface area contributed by atoms with Gasteiger partial charge >= 0.3 is 5.97 Å². The molecule has 0 spiro atoms. The van der Waals surface area contributed by atoms with Crippen molar-refractivity contribution in [3.05, 3.63) is 22.8 Å². The SMILES string of the molecule is CC(C)(C)C1CCCN(c2nccc(C(=O)O)c2Cl)CC1. The maximum atomic E-state index is 11.2. The minimum Gasteiger partial charge on any atom is -0.478 e. The number of nitrogens with zero attached hydrogens (tertiary/aromatic N) is 2. The van der Waals surface area contributed by atoms with Gasteiger partial charge in [0.25, 0.3) is 0 Å². The Kier molecular flexibility index (Phi) is 4.77. The van der Waals surface area contributed by atoms with Gasteiger partial charge in [-0.05, 0) is 36.7 Å². The molecule has 2 rings (SSSR count). The van der Waals surface area contributed by atoms with Crippen LogP contribution in [0.5, 0.6) is 0 Å². The van der Waals surface area contributed by atoms with Crippen LogP contribution in [-0.2, 0) is 0 Å². The molecular formula is C16H23ClN2O2. The first-order chi connectivity index (χ1) is 9.80. The lowest BCUT2D eigenvalue weighted by atomic mass is 9.77. The summed E-state index contributed by atoms with van der Waals surface area (Å²) in [4.78, 5) is 17.6. The highest BCUT2D eigenvalue weighted by Crippen LogP contribution is 2.36. The number of anilines is 1. The van der Waals surface area contributed by atoms with Crippen LogP contribution in [0, 0.1) is 11.3 Å². The van der Waals surface area contributed by atoms with E-state index in [0.29, 0.717) is 17.2 Å². The van der Waals surface area contributed by atoms with Crippen LogP contribution in [0.1, 0.15) is 50.4 Å². The van der Waals surface area contributed by atoms with Crippen LogP contribution in [-0.4, -0.2) is 29.1 Å². The summed E-state index contributed by atoms with van der Waals surface area (Å²) in [7, 11) is 0. The van der Waals surface area contributed by atoms with Gasteiger partial charge < -0.3 is 10.0 Å². The Hall–Kier alpha value is -1.29. The first kappa shape index (κ1) is 16.1. The Morgan fingerprint density at radius 3 is 2.71 bits per heavy atom. The molecule has 21 heavy (non-hydrogen) atoms. The van der Waals surface area contributed by atoms with E-state index < -0.39 is 5.97 Å². The number of carboxylic acids is 1. The van der Waals surface area contributed by atoms with E-state index in [0.717, 1.165) is 25.9 Å². The van der Waals surface area contributed by atoms with Gasteiger partial charge in [-0.1, -0.05) is 32.4 Å². The van der Waals surface area contributed by atoms with Gasteiger partial charge in [-0.25, -0.2) is 9.78 Å². The molecule has 1 aliphatic rings. The minimum absolute atomic E-state index is 0.123.